The molecule has 2 aromatic rings. The number of aromatic nitrogens is 1. The van der Waals surface area contributed by atoms with Gasteiger partial charge < -0.3 is 5.32 Å². The molecule has 0 radical (unpaired) electrons. The van der Waals surface area contributed by atoms with Gasteiger partial charge in [-0.15, -0.1) is 0 Å². The predicted molar refractivity (Wildman–Crippen MR) is 62.5 cm³/mol. The molecule has 1 aromatic carbocycles. The standard InChI is InChI=1S/C11H10N2S/c1-12-11(14)9-6-7-13-10-5-3-2-4-8(9)10/h2-7H,1H3,(H,12,14). The van der Waals surface area contributed by atoms with Crippen molar-refractivity contribution >= 4 is 28.1 Å². The Morgan fingerprint density at radius 1 is 1.29 bits per heavy atom. The first-order valence-corrected chi connectivity index (χ1v) is 4.79. The van der Waals surface area contributed by atoms with Crippen molar-refractivity contribution in [2.24, 2.45) is 0 Å². The fraction of sp³-hybridized carbons (Fsp3) is 0.0909. The Hall–Kier alpha value is -1.48. The minimum atomic E-state index is 0.753. The van der Waals surface area contributed by atoms with E-state index in [1.807, 2.05) is 37.4 Å². The summed E-state index contributed by atoms with van der Waals surface area (Å²) in [7, 11) is 1.83. The van der Waals surface area contributed by atoms with Crippen LogP contribution in [0.2, 0.25) is 0 Å². The highest BCUT2D eigenvalue weighted by molar-refractivity contribution is 7.80. The molecule has 0 amide bonds. The van der Waals surface area contributed by atoms with Crippen molar-refractivity contribution in [3.05, 3.63) is 42.1 Å². The van der Waals surface area contributed by atoms with Crippen LogP contribution in [-0.4, -0.2) is 17.0 Å². The van der Waals surface area contributed by atoms with Gasteiger partial charge in [-0.1, -0.05) is 30.4 Å². The third-order valence-corrected chi connectivity index (χ3v) is 2.54. The molecule has 0 aliphatic carbocycles. The summed E-state index contributed by atoms with van der Waals surface area (Å²) in [6.07, 6.45) is 1.78. The van der Waals surface area contributed by atoms with E-state index >= 15 is 0 Å². The van der Waals surface area contributed by atoms with Gasteiger partial charge in [-0.05, 0) is 12.1 Å². The molecular formula is C11H10N2S. The van der Waals surface area contributed by atoms with Gasteiger partial charge in [0.05, 0.1) is 5.52 Å². The molecule has 2 rings (SSSR count). The average molecular weight is 202 g/mol. The smallest absolute Gasteiger partial charge is 0.107 e. The lowest BCUT2D eigenvalue weighted by molar-refractivity contribution is 1.20. The zero-order chi connectivity index (χ0) is 9.97. The zero-order valence-electron chi connectivity index (χ0n) is 7.82. The molecule has 2 nitrogen and oxygen atoms in total. The number of pyridine rings is 1. The molecule has 1 N–H and O–H groups in total. The van der Waals surface area contributed by atoms with Crippen LogP contribution in [0.3, 0.4) is 0 Å². The summed E-state index contributed by atoms with van der Waals surface area (Å²) in [6, 6.07) is 9.91. The van der Waals surface area contributed by atoms with Gasteiger partial charge in [0.15, 0.2) is 0 Å². The van der Waals surface area contributed by atoms with Gasteiger partial charge in [0, 0.05) is 24.2 Å². The van der Waals surface area contributed by atoms with E-state index < -0.39 is 0 Å². The number of rotatable bonds is 1. The van der Waals surface area contributed by atoms with Crippen molar-refractivity contribution in [3.63, 3.8) is 0 Å². The molecule has 0 saturated heterocycles. The van der Waals surface area contributed by atoms with Crippen molar-refractivity contribution < 1.29 is 0 Å². The van der Waals surface area contributed by atoms with Crippen molar-refractivity contribution in [2.45, 2.75) is 0 Å². The van der Waals surface area contributed by atoms with E-state index in [2.05, 4.69) is 10.3 Å². The summed E-state index contributed by atoms with van der Waals surface area (Å²) in [5.74, 6) is 0. The number of fused-ring (bicyclic) bond motifs is 1. The van der Waals surface area contributed by atoms with Crippen LogP contribution in [0.4, 0.5) is 0 Å². The van der Waals surface area contributed by atoms with E-state index in [-0.39, 0.29) is 0 Å². The van der Waals surface area contributed by atoms with Gasteiger partial charge in [0.1, 0.15) is 4.99 Å². The third kappa shape index (κ3) is 1.46. The quantitative estimate of drug-likeness (QED) is 0.717. The van der Waals surface area contributed by atoms with E-state index in [0.29, 0.717) is 0 Å². The minimum Gasteiger partial charge on any atom is -0.379 e. The maximum absolute atomic E-state index is 5.21. The van der Waals surface area contributed by atoms with Gasteiger partial charge >= 0.3 is 0 Å². The van der Waals surface area contributed by atoms with Crippen molar-refractivity contribution in [2.75, 3.05) is 7.05 Å². The Morgan fingerprint density at radius 3 is 2.86 bits per heavy atom. The summed E-state index contributed by atoms with van der Waals surface area (Å²) >= 11 is 5.21. The number of hydrogen-bond acceptors (Lipinski definition) is 2. The molecule has 0 atom stereocenters. The molecule has 0 aliphatic rings. The Balaban J connectivity index is 2.71. The predicted octanol–water partition coefficient (Wildman–Crippen LogP) is 2.13. The number of para-hydroxylation sites is 1. The average Bonchev–Trinajstić information content (AvgIpc) is 2.27. The highest BCUT2D eigenvalue weighted by atomic mass is 32.1. The van der Waals surface area contributed by atoms with E-state index in [0.717, 1.165) is 21.5 Å². The second kappa shape index (κ2) is 3.72. The number of nitrogens with one attached hydrogen (secondary N) is 1. The molecule has 3 heteroatoms. The van der Waals surface area contributed by atoms with Crippen LogP contribution in [0.15, 0.2) is 36.5 Å². The van der Waals surface area contributed by atoms with Crippen LogP contribution in [0, 0.1) is 0 Å². The first-order valence-electron chi connectivity index (χ1n) is 4.39. The van der Waals surface area contributed by atoms with Crippen LogP contribution in [0.1, 0.15) is 5.56 Å². The van der Waals surface area contributed by atoms with Crippen molar-refractivity contribution in [3.8, 4) is 0 Å². The topological polar surface area (TPSA) is 24.9 Å². The highest BCUT2D eigenvalue weighted by Gasteiger charge is 2.03. The van der Waals surface area contributed by atoms with Crippen LogP contribution >= 0.6 is 12.2 Å². The lowest BCUT2D eigenvalue weighted by Crippen LogP contribution is -2.16. The zero-order valence-corrected chi connectivity index (χ0v) is 8.64. The van der Waals surface area contributed by atoms with Crippen LogP contribution in [-0.2, 0) is 0 Å². The molecule has 1 aromatic heterocycles. The van der Waals surface area contributed by atoms with E-state index in [4.69, 9.17) is 12.2 Å². The van der Waals surface area contributed by atoms with Gasteiger partial charge in [-0.2, -0.15) is 0 Å². The van der Waals surface area contributed by atoms with Gasteiger partial charge in [-0.3, -0.25) is 4.98 Å². The molecule has 70 valence electrons. The molecule has 0 saturated carbocycles. The molecule has 0 spiro atoms. The summed E-state index contributed by atoms with van der Waals surface area (Å²) in [5.41, 5.74) is 2.01. The SMILES string of the molecule is CNC(=S)c1ccnc2ccccc12. The minimum absolute atomic E-state index is 0.753. The number of thiocarbonyl (C=S) groups is 1. The van der Waals surface area contributed by atoms with Gasteiger partial charge in [-0.25, -0.2) is 0 Å². The molecule has 1 heterocycles. The molecule has 14 heavy (non-hydrogen) atoms. The first kappa shape index (κ1) is 9.09. The summed E-state index contributed by atoms with van der Waals surface area (Å²) < 4.78 is 0. The fourth-order valence-electron chi connectivity index (χ4n) is 1.43. The summed E-state index contributed by atoms with van der Waals surface area (Å²) in [6.45, 7) is 0. The third-order valence-electron chi connectivity index (χ3n) is 2.12. The maximum atomic E-state index is 5.21. The van der Waals surface area contributed by atoms with Crippen LogP contribution < -0.4 is 5.32 Å². The number of hydrogen-bond donors (Lipinski definition) is 1. The van der Waals surface area contributed by atoms with E-state index in [1.54, 1.807) is 6.20 Å². The van der Waals surface area contributed by atoms with E-state index in [1.165, 1.54) is 0 Å². The summed E-state index contributed by atoms with van der Waals surface area (Å²) in [4.78, 5) is 5.02. The van der Waals surface area contributed by atoms with E-state index in [9.17, 15) is 0 Å². The lowest BCUT2D eigenvalue weighted by Gasteiger charge is -2.06. The molecule has 0 unspecified atom stereocenters. The fourth-order valence-corrected chi connectivity index (χ4v) is 1.61. The lowest BCUT2D eigenvalue weighted by atomic mass is 10.1. The van der Waals surface area contributed by atoms with Crippen molar-refractivity contribution in [1.29, 1.82) is 0 Å². The van der Waals surface area contributed by atoms with Crippen molar-refractivity contribution in [1.82, 2.24) is 10.3 Å². The van der Waals surface area contributed by atoms with Crippen LogP contribution in [0.5, 0.6) is 0 Å². The highest BCUT2D eigenvalue weighted by Crippen LogP contribution is 2.15. The second-order valence-electron chi connectivity index (χ2n) is 2.95. The molecular weight excluding hydrogens is 192 g/mol. The first-order chi connectivity index (χ1) is 6.83. The molecule has 0 bridgehead atoms. The Bertz CT molecular complexity index is 474. The van der Waals surface area contributed by atoms with Gasteiger partial charge in [0.2, 0.25) is 0 Å². The summed E-state index contributed by atoms with van der Waals surface area (Å²) in [5, 5.41) is 4.07. The largest absolute Gasteiger partial charge is 0.379 e. The molecule has 0 aliphatic heterocycles. The maximum Gasteiger partial charge on any atom is 0.107 e. The van der Waals surface area contributed by atoms with Gasteiger partial charge in [0.25, 0.3) is 0 Å². The Kier molecular flexibility index (Phi) is 2.41. The van der Waals surface area contributed by atoms with Crippen LogP contribution in [0.25, 0.3) is 10.9 Å². The normalized spacial score (nSPS) is 10.1. The Labute approximate surface area is 88.0 Å². The molecule has 0 fully saturated rings. The monoisotopic (exact) mass is 202 g/mol. The second-order valence-corrected chi connectivity index (χ2v) is 3.36. The number of benzene rings is 1. The Morgan fingerprint density at radius 2 is 2.07 bits per heavy atom. The number of nitrogens with zero attached hydrogens (tertiary/aromatic N) is 1.